The van der Waals surface area contributed by atoms with Crippen LogP contribution in [-0.2, 0) is 0 Å². The minimum absolute atomic E-state index is 0.0809. The van der Waals surface area contributed by atoms with Crippen LogP contribution in [0.4, 0.5) is 0 Å². The van der Waals surface area contributed by atoms with E-state index in [1.54, 1.807) is 40.1 Å². The molecule has 2 heterocycles. The van der Waals surface area contributed by atoms with Crippen LogP contribution in [-0.4, -0.2) is 52.8 Å². The number of amides is 2. The predicted octanol–water partition coefficient (Wildman–Crippen LogP) is 3.64. The zero-order valence-corrected chi connectivity index (χ0v) is 15.4. The average Bonchev–Trinajstić information content (AvgIpc) is 2.63. The number of benzene rings is 1. The van der Waals surface area contributed by atoms with Crippen LogP contribution in [0.15, 0.2) is 36.4 Å². The van der Waals surface area contributed by atoms with Crippen molar-refractivity contribution in [3.8, 4) is 0 Å². The van der Waals surface area contributed by atoms with Gasteiger partial charge in [0.15, 0.2) is 0 Å². The largest absolute Gasteiger partial charge is 0.335 e. The zero-order valence-electron chi connectivity index (χ0n) is 13.1. The Morgan fingerprint density at radius 1 is 0.800 bits per heavy atom. The maximum absolute atomic E-state index is 12.6. The highest BCUT2D eigenvalue weighted by Crippen LogP contribution is 2.20. The van der Waals surface area contributed by atoms with Gasteiger partial charge in [0.25, 0.3) is 11.8 Å². The highest BCUT2D eigenvalue weighted by Gasteiger charge is 2.27. The van der Waals surface area contributed by atoms with Crippen molar-refractivity contribution in [2.45, 2.75) is 0 Å². The number of nitrogens with zero attached hydrogens (tertiary/aromatic N) is 3. The highest BCUT2D eigenvalue weighted by molar-refractivity contribution is 6.34. The molecule has 1 aromatic heterocycles. The van der Waals surface area contributed by atoms with Crippen molar-refractivity contribution in [1.82, 2.24) is 14.8 Å². The Balaban J connectivity index is 1.65. The normalized spacial score (nSPS) is 14.5. The third-order valence-electron chi connectivity index (χ3n) is 3.96. The maximum atomic E-state index is 12.6. The Labute approximate surface area is 160 Å². The summed E-state index contributed by atoms with van der Waals surface area (Å²) in [5.41, 5.74) is 0.704. The lowest BCUT2D eigenvalue weighted by Gasteiger charge is -2.34. The van der Waals surface area contributed by atoms with Crippen LogP contribution in [0, 0.1) is 0 Å². The fourth-order valence-corrected chi connectivity index (χ4v) is 3.07. The van der Waals surface area contributed by atoms with E-state index in [2.05, 4.69) is 4.98 Å². The standard InChI is InChI=1S/C17H14Cl3N3O2/c18-12-3-1-11(2-4-12)16(24)22-7-9-23(10-8-22)17(25)15-13(19)5-6-14(20)21-15/h1-6H,7-10H2. The van der Waals surface area contributed by atoms with Crippen molar-refractivity contribution < 1.29 is 9.59 Å². The summed E-state index contributed by atoms with van der Waals surface area (Å²) in [7, 11) is 0. The van der Waals surface area contributed by atoms with Crippen LogP contribution in [0.2, 0.25) is 15.2 Å². The Morgan fingerprint density at radius 3 is 1.96 bits per heavy atom. The van der Waals surface area contributed by atoms with Crippen LogP contribution in [0.3, 0.4) is 0 Å². The first-order chi connectivity index (χ1) is 12.0. The van der Waals surface area contributed by atoms with Gasteiger partial charge in [-0.05, 0) is 36.4 Å². The minimum Gasteiger partial charge on any atom is -0.335 e. The second-order valence-corrected chi connectivity index (χ2v) is 6.79. The van der Waals surface area contributed by atoms with E-state index >= 15 is 0 Å². The van der Waals surface area contributed by atoms with Gasteiger partial charge >= 0.3 is 0 Å². The Hall–Kier alpha value is -1.82. The van der Waals surface area contributed by atoms with Gasteiger partial charge in [0, 0.05) is 36.8 Å². The molecule has 1 aromatic carbocycles. The maximum Gasteiger partial charge on any atom is 0.274 e. The molecule has 25 heavy (non-hydrogen) atoms. The van der Waals surface area contributed by atoms with Crippen LogP contribution >= 0.6 is 34.8 Å². The molecule has 0 unspecified atom stereocenters. The van der Waals surface area contributed by atoms with Gasteiger partial charge in [0.05, 0.1) is 5.02 Å². The van der Waals surface area contributed by atoms with E-state index in [0.29, 0.717) is 36.8 Å². The highest BCUT2D eigenvalue weighted by atomic mass is 35.5. The van der Waals surface area contributed by atoms with Crippen molar-refractivity contribution in [3.63, 3.8) is 0 Å². The van der Waals surface area contributed by atoms with Gasteiger partial charge in [-0.15, -0.1) is 0 Å². The van der Waals surface area contributed by atoms with Crippen molar-refractivity contribution in [2.24, 2.45) is 0 Å². The van der Waals surface area contributed by atoms with E-state index < -0.39 is 0 Å². The molecular weight excluding hydrogens is 385 g/mol. The van der Waals surface area contributed by atoms with Gasteiger partial charge in [0.1, 0.15) is 10.8 Å². The molecule has 1 aliphatic rings. The van der Waals surface area contributed by atoms with Crippen LogP contribution < -0.4 is 0 Å². The Morgan fingerprint density at radius 2 is 1.36 bits per heavy atom. The summed E-state index contributed by atoms with van der Waals surface area (Å²) in [4.78, 5) is 32.4. The van der Waals surface area contributed by atoms with Gasteiger partial charge in [-0.3, -0.25) is 9.59 Å². The van der Waals surface area contributed by atoms with Crippen LogP contribution in [0.25, 0.3) is 0 Å². The number of hydrogen-bond acceptors (Lipinski definition) is 3. The number of carbonyl (C=O) groups excluding carboxylic acids is 2. The fourth-order valence-electron chi connectivity index (χ4n) is 2.61. The van der Waals surface area contributed by atoms with E-state index in [4.69, 9.17) is 34.8 Å². The second kappa shape index (κ2) is 7.60. The summed E-state index contributed by atoms with van der Waals surface area (Å²) in [5, 5.41) is 1.05. The lowest BCUT2D eigenvalue weighted by Crippen LogP contribution is -2.50. The molecule has 0 saturated carbocycles. The molecule has 0 N–H and O–H groups in total. The predicted molar refractivity (Wildman–Crippen MR) is 97.5 cm³/mol. The van der Waals surface area contributed by atoms with Gasteiger partial charge < -0.3 is 9.80 Å². The van der Waals surface area contributed by atoms with E-state index in [1.807, 2.05) is 0 Å². The smallest absolute Gasteiger partial charge is 0.274 e. The average molecular weight is 399 g/mol. The molecule has 1 saturated heterocycles. The van der Waals surface area contributed by atoms with Crippen molar-refractivity contribution in [2.75, 3.05) is 26.2 Å². The Kier molecular flexibility index (Phi) is 5.47. The van der Waals surface area contributed by atoms with E-state index in [0.717, 1.165) is 0 Å². The molecule has 1 fully saturated rings. The molecule has 0 bridgehead atoms. The number of piperazine rings is 1. The van der Waals surface area contributed by atoms with E-state index in [-0.39, 0.29) is 27.7 Å². The third kappa shape index (κ3) is 4.06. The Bertz CT molecular complexity index is 803. The number of hydrogen-bond donors (Lipinski definition) is 0. The lowest BCUT2D eigenvalue weighted by atomic mass is 10.1. The first kappa shape index (κ1) is 18.0. The molecule has 1 aliphatic heterocycles. The van der Waals surface area contributed by atoms with Crippen molar-refractivity contribution in [3.05, 3.63) is 62.9 Å². The zero-order chi connectivity index (χ0) is 18.0. The lowest BCUT2D eigenvalue weighted by molar-refractivity contribution is 0.0532. The van der Waals surface area contributed by atoms with Crippen molar-refractivity contribution in [1.29, 1.82) is 0 Å². The summed E-state index contributed by atoms with van der Waals surface area (Å²) in [6.45, 7) is 1.68. The summed E-state index contributed by atoms with van der Waals surface area (Å²) < 4.78 is 0. The molecule has 3 rings (SSSR count). The molecule has 0 radical (unpaired) electrons. The first-order valence-corrected chi connectivity index (χ1v) is 8.75. The third-order valence-corrected chi connectivity index (χ3v) is 4.73. The minimum atomic E-state index is -0.286. The van der Waals surface area contributed by atoms with Gasteiger partial charge in [-0.2, -0.15) is 0 Å². The summed E-state index contributed by atoms with van der Waals surface area (Å²) >= 11 is 17.7. The first-order valence-electron chi connectivity index (χ1n) is 7.62. The molecule has 2 amide bonds. The molecule has 5 nitrogen and oxygen atoms in total. The molecule has 8 heteroatoms. The summed E-state index contributed by atoms with van der Waals surface area (Å²) in [6.07, 6.45) is 0. The molecule has 0 aliphatic carbocycles. The number of rotatable bonds is 2. The number of pyridine rings is 1. The fraction of sp³-hybridized carbons (Fsp3) is 0.235. The van der Waals surface area contributed by atoms with Crippen LogP contribution in [0.5, 0.6) is 0 Å². The van der Waals surface area contributed by atoms with E-state index in [9.17, 15) is 9.59 Å². The number of aromatic nitrogens is 1. The summed E-state index contributed by atoms with van der Waals surface area (Å²) in [5.74, 6) is -0.367. The van der Waals surface area contributed by atoms with Gasteiger partial charge in [0.2, 0.25) is 0 Å². The molecule has 0 atom stereocenters. The summed E-state index contributed by atoms with van der Waals surface area (Å²) in [6, 6.07) is 9.83. The number of carbonyl (C=O) groups is 2. The van der Waals surface area contributed by atoms with Gasteiger partial charge in [-0.25, -0.2) is 4.98 Å². The molecule has 130 valence electrons. The molecule has 2 aromatic rings. The van der Waals surface area contributed by atoms with Crippen molar-refractivity contribution >= 4 is 46.6 Å². The van der Waals surface area contributed by atoms with Crippen LogP contribution in [0.1, 0.15) is 20.8 Å². The quantitative estimate of drug-likeness (QED) is 0.726. The van der Waals surface area contributed by atoms with E-state index in [1.165, 1.54) is 6.07 Å². The molecular formula is C17H14Cl3N3O2. The second-order valence-electron chi connectivity index (χ2n) is 5.56. The van der Waals surface area contributed by atoms with Gasteiger partial charge in [-0.1, -0.05) is 34.8 Å². The number of halogens is 3. The molecule has 0 spiro atoms. The topological polar surface area (TPSA) is 53.5 Å². The monoisotopic (exact) mass is 397 g/mol. The SMILES string of the molecule is O=C(c1ccc(Cl)cc1)N1CCN(C(=O)c2nc(Cl)ccc2Cl)CC1.